The zero-order valence-corrected chi connectivity index (χ0v) is 15.6. The number of aromatic nitrogens is 4. The highest BCUT2D eigenvalue weighted by Crippen LogP contribution is 2.48. The van der Waals surface area contributed by atoms with Crippen molar-refractivity contribution in [1.82, 2.24) is 20.2 Å². The molecule has 0 saturated heterocycles. The van der Waals surface area contributed by atoms with Crippen LogP contribution in [0.4, 0.5) is 11.4 Å². The molecule has 0 atom stereocenters. The van der Waals surface area contributed by atoms with Gasteiger partial charge in [0.25, 0.3) is 0 Å². The molecule has 1 aliphatic rings. The Kier molecular flexibility index (Phi) is 4.06. The molecule has 0 spiro atoms. The zero-order valence-electron chi connectivity index (χ0n) is 14.0. The van der Waals surface area contributed by atoms with Crippen molar-refractivity contribution in [1.29, 1.82) is 0 Å². The molecule has 1 N–H and O–H groups in total. The third-order valence-electron chi connectivity index (χ3n) is 4.23. The molecule has 0 aliphatic carbocycles. The zero-order chi connectivity index (χ0) is 18.2. The van der Waals surface area contributed by atoms with Crippen LogP contribution in [0.3, 0.4) is 0 Å². The second kappa shape index (κ2) is 6.71. The number of benzene rings is 2. The number of anilines is 2. The quantitative estimate of drug-likeness (QED) is 0.415. The second-order valence-corrected chi connectivity index (χ2v) is 7.91. The van der Waals surface area contributed by atoms with Gasteiger partial charge >= 0.3 is 0 Å². The van der Waals surface area contributed by atoms with E-state index in [1.54, 1.807) is 18.0 Å². The van der Waals surface area contributed by atoms with Crippen molar-refractivity contribution >= 4 is 51.8 Å². The van der Waals surface area contributed by atoms with Crippen LogP contribution in [0.25, 0.3) is 11.0 Å². The summed E-state index contributed by atoms with van der Waals surface area (Å²) < 4.78 is 0. The maximum absolute atomic E-state index is 13.2. The first kappa shape index (κ1) is 16.3. The van der Waals surface area contributed by atoms with Crippen molar-refractivity contribution in [2.45, 2.75) is 14.8 Å². The minimum atomic E-state index is 0.00968. The van der Waals surface area contributed by atoms with E-state index in [1.165, 1.54) is 18.1 Å². The second-order valence-electron chi connectivity index (χ2n) is 5.87. The smallest absolute Gasteiger partial charge is 0.242 e. The molecule has 0 fully saturated rings. The number of hydrogen-bond acceptors (Lipinski definition) is 6. The van der Waals surface area contributed by atoms with Gasteiger partial charge in [0.05, 0.1) is 28.7 Å². The highest BCUT2D eigenvalue weighted by Gasteiger charge is 2.27. The molecule has 6 nitrogen and oxygen atoms in total. The number of amides is 1. The van der Waals surface area contributed by atoms with Crippen LogP contribution in [0.2, 0.25) is 0 Å². The molecule has 27 heavy (non-hydrogen) atoms. The van der Waals surface area contributed by atoms with E-state index in [9.17, 15) is 4.79 Å². The number of carbonyl (C=O) groups excluding carboxylic acids is 1. The number of fused-ring (bicyclic) bond motifs is 3. The molecule has 1 aliphatic heterocycles. The maximum Gasteiger partial charge on any atom is 0.242 e. The first-order chi connectivity index (χ1) is 13.3. The van der Waals surface area contributed by atoms with Gasteiger partial charge in [0, 0.05) is 9.79 Å². The Bertz CT molecular complexity index is 1110. The predicted molar refractivity (Wildman–Crippen MR) is 107 cm³/mol. The maximum atomic E-state index is 13.2. The third kappa shape index (κ3) is 2.87. The van der Waals surface area contributed by atoms with Crippen LogP contribution in [-0.2, 0) is 4.79 Å². The number of thioether (sulfide) groups is 1. The molecule has 4 aromatic rings. The van der Waals surface area contributed by atoms with Crippen molar-refractivity contribution in [2.75, 3.05) is 10.7 Å². The average molecular weight is 391 g/mol. The van der Waals surface area contributed by atoms with E-state index >= 15 is 0 Å². The van der Waals surface area contributed by atoms with Crippen LogP contribution in [0.5, 0.6) is 0 Å². The summed E-state index contributed by atoms with van der Waals surface area (Å²) in [6, 6.07) is 16.0. The van der Waals surface area contributed by atoms with Crippen molar-refractivity contribution in [3.8, 4) is 0 Å². The lowest BCUT2D eigenvalue weighted by atomic mass is 10.2. The summed E-state index contributed by atoms with van der Waals surface area (Å²) >= 11 is 3.08. The van der Waals surface area contributed by atoms with Crippen molar-refractivity contribution in [2.24, 2.45) is 0 Å². The van der Waals surface area contributed by atoms with E-state index in [2.05, 4.69) is 20.2 Å². The van der Waals surface area contributed by atoms with Gasteiger partial charge in [0.1, 0.15) is 11.4 Å². The number of carbonyl (C=O) groups is 1. The third-order valence-corrected chi connectivity index (χ3v) is 6.35. The Balaban J connectivity index is 1.47. The van der Waals surface area contributed by atoms with Crippen molar-refractivity contribution in [3.63, 3.8) is 0 Å². The molecular formula is C19H13N5OS2. The standard InChI is InChI=1S/C19H13N5OS2/c25-17(10-26-19-12-9-22-23-18(12)20-11-21-19)24-13-5-1-3-7-15(13)27-16-8-4-2-6-14(16)24/h1-9,11H,10H2,(H,20,21,22,23). The van der Waals surface area contributed by atoms with Crippen LogP contribution < -0.4 is 4.90 Å². The summed E-state index contributed by atoms with van der Waals surface area (Å²) in [6.07, 6.45) is 3.17. The highest BCUT2D eigenvalue weighted by atomic mass is 32.2. The molecule has 2 aromatic carbocycles. The van der Waals surface area contributed by atoms with Gasteiger partial charge in [0.2, 0.25) is 5.91 Å². The van der Waals surface area contributed by atoms with Crippen LogP contribution in [0, 0.1) is 0 Å². The molecule has 0 bridgehead atoms. The Labute approximate surface area is 163 Å². The van der Waals surface area contributed by atoms with Gasteiger partial charge in [0.15, 0.2) is 5.65 Å². The minimum Gasteiger partial charge on any atom is -0.278 e. The molecular weight excluding hydrogens is 378 g/mol. The van der Waals surface area contributed by atoms with E-state index in [0.29, 0.717) is 5.65 Å². The fourth-order valence-electron chi connectivity index (χ4n) is 3.03. The summed E-state index contributed by atoms with van der Waals surface area (Å²) in [6.45, 7) is 0. The summed E-state index contributed by atoms with van der Waals surface area (Å²) in [5, 5.41) is 8.39. The lowest BCUT2D eigenvalue weighted by Gasteiger charge is -2.30. The van der Waals surface area contributed by atoms with Crippen LogP contribution in [0.15, 0.2) is 75.9 Å². The van der Waals surface area contributed by atoms with E-state index in [0.717, 1.165) is 31.6 Å². The lowest BCUT2D eigenvalue weighted by molar-refractivity contribution is -0.115. The van der Waals surface area contributed by atoms with Gasteiger partial charge in [-0.1, -0.05) is 47.8 Å². The highest BCUT2D eigenvalue weighted by molar-refractivity contribution is 8.00. The number of aromatic amines is 1. The topological polar surface area (TPSA) is 74.8 Å². The number of nitrogens with one attached hydrogen (secondary N) is 1. The normalized spacial score (nSPS) is 12.7. The fourth-order valence-corrected chi connectivity index (χ4v) is 4.90. The number of para-hydroxylation sites is 2. The average Bonchev–Trinajstić information content (AvgIpc) is 3.19. The first-order valence-electron chi connectivity index (χ1n) is 8.27. The minimum absolute atomic E-state index is 0.00968. The van der Waals surface area contributed by atoms with Crippen LogP contribution >= 0.6 is 23.5 Å². The van der Waals surface area contributed by atoms with Gasteiger partial charge in [-0.05, 0) is 24.3 Å². The van der Waals surface area contributed by atoms with Gasteiger partial charge in [-0.2, -0.15) is 5.10 Å². The SMILES string of the molecule is O=C(CSc1ncnc2[nH]ncc12)N1c2ccccc2Sc2ccccc21. The van der Waals surface area contributed by atoms with Crippen molar-refractivity contribution < 1.29 is 4.79 Å². The fraction of sp³-hybridized carbons (Fsp3) is 0.0526. The lowest BCUT2D eigenvalue weighted by Crippen LogP contribution is -2.30. The Morgan fingerprint density at radius 1 is 1.04 bits per heavy atom. The van der Waals surface area contributed by atoms with E-state index < -0.39 is 0 Å². The number of H-pyrrole nitrogens is 1. The Morgan fingerprint density at radius 2 is 1.74 bits per heavy atom. The molecule has 1 amide bonds. The molecule has 3 heterocycles. The largest absolute Gasteiger partial charge is 0.278 e. The molecule has 2 aromatic heterocycles. The van der Waals surface area contributed by atoms with Crippen LogP contribution in [-0.4, -0.2) is 31.8 Å². The number of hydrogen-bond donors (Lipinski definition) is 1. The monoisotopic (exact) mass is 391 g/mol. The van der Waals surface area contributed by atoms with E-state index in [1.807, 2.05) is 53.4 Å². The molecule has 0 radical (unpaired) electrons. The van der Waals surface area contributed by atoms with E-state index in [4.69, 9.17) is 0 Å². The molecule has 0 unspecified atom stereocenters. The Hall–Kier alpha value is -2.84. The van der Waals surface area contributed by atoms with Gasteiger partial charge < -0.3 is 0 Å². The van der Waals surface area contributed by atoms with Gasteiger partial charge in [-0.15, -0.1) is 0 Å². The molecule has 8 heteroatoms. The summed E-state index contributed by atoms with van der Waals surface area (Å²) in [5.41, 5.74) is 2.51. The predicted octanol–water partition coefficient (Wildman–Crippen LogP) is 4.27. The Morgan fingerprint density at radius 3 is 2.48 bits per heavy atom. The number of nitrogens with zero attached hydrogens (tertiary/aromatic N) is 4. The summed E-state index contributed by atoms with van der Waals surface area (Å²) in [7, 11) is 0. The first-order valence-corrected chi connectivity index (χ1v) is 10.1. The molecule has 132 valence electrons. The molecule has 5 rings (SSSR count). The van der Waals surface area contributed by atoms with Crippen LogP contribution in [0.1, 0.15) is 0 Å². The number of rotatable bonds is 3. The van der Waals surface area contributed by atoms with E-state index in [-0.39, 0.29) is 11.7 Å². The summed E-state index contributed by atoms with van der Waals surface area (Å²) in [5.74, 6) is 0.278. The molecule has 0 saturated carbocycles. The van der Waals surface area contributed by atoms with Crippen molar-refractivity contribution in [3.05, 3.63) is 61.1 Å². The van der Waals surface area contributed by atoms with Gasteiger partial charge in [-0.25, -0.2) is 9.97 Å². The summed E-state index contributed by atoms with van der Waals surface area (Å²) in [4.78, 5) is 25.6. The van der Waals surface area contributed by atoms with Gasteiger partial charge in [-0.3, -0.25) is 14.8 Å².